The third-order valence-electron chi connectivity index (χ3n) is 3.75. The lowest BCUT2D eigenvalue weighted by Gasteiger charge is -2.28. The van der Waals surface area contributed by atoms with Gasteiger partial charge in [0.2, 0.25) is 0 Å². The number of aromatic hydroxyl groups is 1. The fraction of sp³-hybridized carbons (Fsp3) is 0.571. The van der Waals surface area contributed by atoms with Gasteiger partial charge in [0.25, 0.3) is 0 Å². The highest BCUT2D eigenvalue weighted by molar-refractivity contribution is 5.28. The van der Waals surface area contributed by atoms with Crippen LogP contribution < -0.4 is 0 Å². The van der Waals surface area contributed by atoms with Gasteiger partial charge >= 0.3 is 0 Å². The molecule has 2 heteroatoms. The summed E-state index contributed by atoms with van der Waals surface area (Å²) in [7, 11) is 0. The van der Waals surface area contributed by atoms with Gasteiger partial charge in [0.1, 0.15) is 5.75 Å². The Bertz CT molecular complexity index is 310. The normalized spacial score (nSPS) is 25.6. The second-order valence-corrected chi connectivity index (χ2v) is 4.82. The van der Waals surface area contributed by atoms with Crippen LogP contribution in [0.1, 0.15) is 43.6 Å². The molecule has 16 heavy (non-hydrogen) atoms. The van der Waals surface area contributed by atoms with Crippen molar-refractivity contribution >= 4 is 0 Å². The van der Waals surface area contributed by atoms with Gasteiger partial charge < -0.3 is 10.2 Å². The molecule has 0 spiro atoms. The number of rotatable bonds is 3. The van der Waals surface area contributed by atoms with E-state index < -0.39 is 0 Å². The molecule has 1 saturated carbocycles. The van der Waals surface area contributed by atoms with Crippen molar-refractivity contribution in [3.05, 3.63) is 29.8 Å². The Kier molecular flexibility index (Phi) is 3.83. The maximum absolute atomic E-state index is 9.24. The summed E-state index contributed by atoms with van der Waals surface area (Å²) >= 11 is 0. The van der Waals surface area contributed by atoms with Gasteiger partial charge in [-0.1, -0.05) is 12.1 Å². The van der Waals surface area contributed by atoms with E-state index in [1.165, 1.54) is 31.2 Å². The van der Waals surface area contributed by atoms with Crippen LogP contribution >= 0.6 is 0 Å². The molecular formula is C14H20O2. The van der Waals surface area contributed by atoms with Crippen molar-refractivity contribution in [3.8, 4) is 5.75 Å². The molecule has 0 amide bonds. The molecule has 1 fully saturated rings. The lowest BCUT2D eigenvalue weighted by molar-refractivity contribution is 0.222. The van der Waals surface area contributed by atoms with E-state index in [9.17, 15) is 5.11 Å². The topological polar surface area (TPSA) is 40.5 Å². The first-order valence-corrected chi connectivity index (χ1v) is 6.19. The SMILES string of the molecule is OCC[C@H]1CC[C@H](c2ccc(O)cc2)CC1. The van der Waals surface area contributed by atoms with E-state index >= 15 is 0 Å². The van der Waals surface area contributed by atoms with Crippen molar-refractivity contribution in [1.82, 2.24) is 0 Å². The second-order valence-electron chi connectivity index (χ2n) is 4.82. The molecule has 1 aliphatic rings. The Balaban J connectivity index is 1.91. The van der Waals surface area contributed by atoms with Crippen molar-refractivity contribution < 1.29 is 10.2 Å². The maximum atomic E-state index is 9.24. The number of hydrogen-bond acceptors (Lipinski definition) is 2. The summed E-state index contributed by atoms with van der Waals surface area (Å²) in [4.78, 5) is 0. The maximum Gasteiger partial charge on any atom is 0.115 e. The Morgan fingerprint density at radius 3 is 2.19 bits per heavy atom. The highest BCUT2D eigenvalue weighted by Crippen LogP contribution is 2.37. The van der Waals surface area contributed by atoms with Crippen LogP contribution in [-0.4, -0.2) is 16.8 Å². The number of aliphatic hydroxyl groups is 1. The van der Waals surface area contributed by atoms with Crippen molar-refractivity contribution in [3.63, 3.8) is 0 Å². The zero-order valence-corrected chi connectivity index (χ0v) is 9.60. The van der Waals surface area contributed by atoms with E-state index in [0.29, 0.717) is 18.3 Å². The van der Waals surface area contributed by atoms with Gasteiger partial charge in [-0.15, -0.1) is 0 Å². The van der Waals surface area contributed by atoms with E-state index in [-0.39, 0.29) is 0 Å². The number of phenols is 1. The predicted octanol–water partition coefficient (Wildman–Crippen LogP) is 3.05. The summed E-state index contributed by atoms with van der Waals surface area (Å²) in [5, 5.41) is 18.1. The molecule has 0 unspecified atom stereocenters. The largest absolute Gasteiger partial charge is 0.508 e. The smallest absolute Gasteiger partial charge is 0.115 e. The van der Waals surface area contributed by atoms with Crippen LogP contribution in [0.4, 0.5) is 0 Å². The first-order chi connectivity index (χ1) is 7.79. The third-order valence-corrected chi connectivity index (χ3v) is 3.75. The monoisotopic (exact) mass is 220 g/mol. The Hall–Kier alpha value is -1.02. The van der Waals surface area contributed by atoms with Crippen molar-refractivity contribution in [2.24, 2.45) is 5.92 Å². The number of aliphatic hydroxyl groups excluding tert-OH is 1. The summed E-state index contributed by atoms with van der Waals surface area (Å²) in [5.41, 5.74) is 1.35. The molecule has 2 rings (SSSR count). The fourth-order valence-corrected chi connectivity index (χ4v) is 2.71. The van der Waals surface area contributed by atoms with Crippen LogP contribution in [0.25, 0.3) is 0 Å². The lowest BCUT2D eigenvalue weighted by atomic mass is 9.78. The van der Waals surface area contributed by atoms with Gasteiger partial charge in [-0.05, 0) is 61.6 Å². The van der Waals surface area contributed by atoms with Gasteiger partial charge in [-0.3, -0.25) is 0 Å². The molecule has 0 aromatic heterocycles. The molecule has 88 valence electrons. The molecule has 1 aliphatic carbocycles. The highest BCUT2D eigenvalue weighted by atomic mass is 16.3. The molecule has 0 radical (unpaired) electrons. The fourth-order valence-electron chi connectivity index (χ4n) is 2.71. The molecule has 0 atom stereocenters. The first-order valence-electron chi connectivity index (χ1n) is 6.19. The van der Waals surface area contributed by atoms with Crippen molar-refractivity contribution in [1.29, 1.82) is 0 Å². The molecule has 0 bridgehead atoms. The van der Waals surface area contributed by atoms with Crippen LogP contribution in [0.3, 0.4) is 0 Å². The molecule has 2 nitrogen and oxygen atoms in total. The van der Waals surface area contributed by atoms with E-state index in [1.807, 2.05) is 12.1 Å². The molecular weight excluding hydrogens is 200 g/mol. The quantitative estimate of drug-likeness (QED) is 0.822. The molecule has 0 aliphatic heterocycles. The van der Waals surface area contributed by atoms with Gasteiger partial charge in [0, 0.05) is 6.61 Å². The summed E-state index contributed by atoms with van der Waals surface area (Å²) in [6.07, 6.45) is 5.85. The Morgan fingerprint density at radius 1 is 1.00 bits per heavy atom. The average molecular weight is 220 g/mol. The van der Waals surface area contributed by atoms with Crippen molar-refractivity contribution in [2.45, 2.75) is 38.0 Å². The van der Waals surface area contributed by atoms with E-state index in [1.54, 1.807) is 12.1 Å². The van der Waals surface area contributed by atoms with Gasteiger partial charge in [-0.25, -0.2) is 0 Å². The van der Waals surface area contributed by atoms with Crippen molar-refractivity contribution in [2.75, 3.05) is 6.61 Å². The summed E-state index contributed by atoms with van der Waals surface area (Å²) in [5.74, 6) is 1.71. The van der Waals surface area contributed by atoms with E-state index in [2.05, 4.69) is 0 Å². The molecule has 2 N–H and O–H groups in total. The van der Waals surface area contributed by atoms with Crippen LogP contribution in [-0.2, 0) is 0 Å². The standard InChI is InChI=1S/C14H20O2/c15-10-9-11-1-3-12(4-2-11)13-5-7-14(16)8-6-13/h5-8,11-12,15-16H,1-4,9-10H2/t11-,12-. The molecule has 0 saturated heterocycles. The Morgan fingerprint density at radius 2 is 1.62 bits per heavy atom. The number of phenolic OH excluding ortho intramolecular Hbond substituents is 1. The molecule has 1 aromatic carbocycles. The highest BCUT2D eigenvalue weighted by Gasteiger charge is 2.21. The third kappa shape index (κ3) is 2.76. The molecule has 1 aromatic rings. The summed E-state index contributed by atoms with van der Waals surface area (Å²) in [6, 6.07) is 7.61. The summed E-state index contributed by atoms with van der Waals surface area (Å²) < 4.78 is 0. The predicted molar refractivity (Wildman–Crippen MR) is 64.5 cm³/mol. The number of hydrogen-bond donors (Lipinski definition) is 2. The van der Waals surface area contributed by atoms with Crippen LogP contribution in [0.2, 0.25) is 0 Å². The van der Waals surface area contributed by atoms with Crippen LogP contribution in [0.5, 0.6) is 5.75 Å². The zero-order chi connectivity index (χ0) is 11.4. The zero-order valence-electron chi connectivity index (χ0n) is 9.60. The lowest BCUT2D eigenvalue weighted by Crippen LogP contribution is -2.14. The van der Waals surface area contributed by atoms with Crippen LogP contribution in [0.15, 0.2) is 24.3 Å². The van der Waals surface area contributed by atoms with Gasteiger partial charge in [0.15, 0.2) is 0 Å². The van der Waals surface area contributed by atoms with E-state index in [0.717, 1.165) is 12.3 Å². The minimum absolute atomic E-state index is 0.328. The number of benzene rings is 1. The van der Waals surface area contributed by atoms with Gasteiger partial charge in [0.05, 0.1) is 0 Å². The van der Waals surface area contributed by atoms with Gasteiger partial charge in [-0.2, -0.15) is 0 Å². The first kappa shape index (κ1) is 11.5. The Labute approximate surface area is 96.9 Å². The van der Waals surface area contributed by atoms with E-state index in [4.69, 9.17) is 5.11 Å². The minimum atomic E-state index is 0.328. The second kappa shape index (κ2) is 5.35. The molecule has 0 heterocycles. The summed E-state index contributed by atoms with van der Waals surface area (Å²) in [6.45, 7) is 0.328. The average Bonchev–Trinajstić information content (AvgIpc) is 2.32. The van der Waals surface area contributed by atoms with Crippen LogP contribution in [0, 0.1) is 5.92 Å². The minimum Gasteiger partial charge on any atom is -0.508 e.